The van der Waals surface area contributed by atoms with Crippen molar-refractivity contribution in [3.63, 3.8) is 0 Å². The fourth-order valence-corrected chi connectivity index (χ4v) is 4.04. The van der Waals surface area contributed by atoms with Crippen molar-refractivity contribution >= 4 is 16.5 Å². The topological polar surface area (TPSA) is 19.4 Å². The molecule has 4 rings (SSSR count). The van der Waals surface area contributed by atoms with E-state index in [1.54, 1.807) is 0 Å². The number of hydrogen-bond acceptors (Lipinski definition) is 3. The van der Waals surface area contributed by atoms with Crippen molar-refractivity contribution in [3.8, 4) is 0 Å². The first-order chi connectivity index (χ1) is 10.3. The van der Waals surface area contributed by atoms with E-state index in [1.165, 1.54) is 48.8 Å². The van der Waals surface area contributed by atoms with E-state index in [1.807, 2.05) is 12.4 Å². The summed E-state index contributed by atoms with van der Waals surface area (Å²) in [4.78, 5) is 9.65. The molecule has 1 aromatic carbocycles. The van der Waals surface area contributed by atoms with Gasteiger partial charge in [0.05, 0.1) is 0 Å². The fraction of sp³-hybridized carbons (Fsp3) is 0.500. The predicted molar refractivity (Wildman–Crippen MR) is 87.8 cm³/mol. The summed E-state index contributed by atoms with van der Waals surface area (Å²) in [6.45, 7) is 6.01. The van der Waals surface area contributed by atoms with Crippen LogP contribution in [0, 0.1) is 0 Å². The second-order valence-electron chi connectivity index (χ2n) is 6.52. The number of rotatable bonds is 1. The summed E-state index contributed by atoms with van der Waals surface area (Å²) in [6, 6.07) is 10.0. The van der Waals surface area contributed by atoms with Crippen LogP contribution in [0.1, 0.15) is 26.2 Å². The monoisotopic (exact) mass is 281 g/mol. The van der Waals surface area contributed by atoms with Crippen LogP contribution in [0.2, 0.25) is 0 Å². The van der Waals surface area contributed by atoms with Crippen LogP contribution in [0.25, 0.3) is 10.8 Å². The zero-order chi connectivity index (χ0) is 14.2. The first-order valence-electron chi connectivity index (χ1n) is 8.16. The number of piperazine rings is 1. The summed E-state index contributed by atoms with van der Waals surface area (Å²) in [5.74, 6) is 0. The quantitative estimate of drug-likeness (QED) is 0.799. The van der Waals surface area contributed by atoms with Crippen LogP contribution in [0.4, 0.5) is 5.69 Å². The average molecular weight is 281 g/mol. The van der Waals surface area contributed by atoms with E-state index in [0.29, 0.717) is 6.04 Å². The number of piperidine rings is 1. The van der Waals surface area contributed by atoms with Crippen molar-refractivity contribution in [3.05, 3.63) is 36.7 Å². The molecule has 2 aromatic rings. The summed E-state index contributed by atoms with van der Waals surface area (Å²) >= 11 is 0. The van der Waals surface area contributed by atoms with Crippen LogP contribution >= 0.6 is 0 Å². The average Bonchev–Trinajstić information content (AvgIpc) is 2.54. The van der Waals surface area contributed by atoms with E-state index >= 15 is 0 Å². The standard InChI is InChI=1S/C18H23N3/c1-14-12-20-10-3-2-6-16(20)13-21(14)18-7-4-5-15-8-9-19-11-17(15)18/h4-5,7-9,11,14,16H,2-3,6,10,12-13H2,1H3. The molecule has 0 N–H and O–H groups in total. The Kier molecular flexibility index (Phi) is 3.30. The molecule has 2 unspecified atom stereocenters. The molecule has 110 valence electrons. The summed E-state index contributed by atoms with van der Waals surface area (Å²) in [5.41, 5.74) is 1.36. The van der Waals surface area contributed by atoms with E-state index in [2.05, 4.69) is 46.0 Å². The Labute approximate surface area is 126 Å². The Hall–Kier alpha value is -1.61. The number of nitrogens with zero attached hydrogens (tertiary/aromatic N) is 3. The van der Waals surface area contributed by atoms with Crippen molar-refractivity contribution in [2.45, 2.75) is 38.3 Å². The van der Waals surface area contributed by atoms with Gasteiger partial charge in [-0.2, -0.15) is 0 Å². The number of aromatic nitrogens is 1. The molecule has 3 heteroatoms. The van der Waals surface area contributed by atoms with Crippen molar-refractivity contribution in [2.75, 3.05) is 24.5 Å². The van der Waals surface area contributed by atoms with Crippen LogP contribution in [-0.2, 0) is 0 Å². The molecule has 0 aliphatic carbocycles. The van der Waals surface area contributed by atoms with Gasteiger partial charge in [0, 0.05) is 48.6 Å². The van der Waals surface area contributed by atoms with E-state index in [0.717, 1.165) is 12.6 Å². The molecular weight excluding hydrogens is 258 g/mol. The minimum atomic E-state index is 0.574. The molecular formula is C18H23N3. The molecule has 0 spiro atoms. The van der Waals surface area contributed by atoms with Gasteiger partial charge in [-0.15, -0.1) is 0 Å². The van der Waals surface area contributed by atoms with Crippen LogP contribution in [-0.4, -0.2) is 41.6 Å². The van der Waals surface area contributed by atoms with Gasteiger partial charge < -0.3 is 4.90 Å². The number of hydrogen-bond donors (Lipinski definition) is 0. The lowest BCUT2D eigenvalue weighted by atomic mass is 9.96. The van der Waals surface area contributed by atoms with Gasteiger partial charge in [0.15, 0.2) is 0 Å². The maximum absolute atomic E-state index is 4.34. The van der Waals surface area contributed by atoms with Gasteiger partial charge in [-0.25, -0.2) is 0 Å². The molecule has 2 aliphatic rings. The minimum absolute atomic E-state index is 0.574. The highest BCUT2D eigenvalue weighted by Gasteiger charge is 2.33. The van der Waals surface area contributed by atoms with Crippen molar-refractivity contribution in [1.29, 1.82) is 0 Å². The van der Waals surface area contributed by atoms with Gasteiger partial charge in [0.25, 0.3) is 0 Å². The molecule has 0 bridgehead atoms. The zero-order valence-corrected chi connectivity index (χ0v) is 12.7. The number of pyridine rings is 1. The van der Waals surface area contributed by atoms with Crippen LogP contribution in [0.3, 0.4) is 0 Å². The second-order valence-corrected chi connectivity index (χ2v) is 6.52. The largest absolute Gasteiger partial charge is 0.365 e. The highest BCUT2D eigenvalue weighted by Crippen LogP contribution is 2.32. The summed E-state index contributed by atoms with van der Waals surface area (Å²) in [6.07, 6.45) is 8.02. The van der Waals surface area contributed by atoms with E-state index in [9.17, 15) is 0 Å². The Morgan fingerprint density at radius 3 is 3.05 bits per heavy atom. The van der Waals surface area contributed by atoms with Gasteiger partial charge in [-0.3, -0.25) is 9.88 Å². The molecule has 2 aliphatic heterocycles. The Morgan fingerprint density at radius 1 is 1.14 bits per heavy atom. The maximum atomic E-state index is 4.34. The van der Waals surface area contributed by atoms with Crippen molar-refractivity contribution in [2.24, 2.45) is 0 Å². The van der Waals surface area contributed by atoms with Gasteiger partial charge in [0.1, 0.15) is 0 Å². The van der Waals surface area contributed by atoms with Crippen molar-refractivity contribution < 1.29 is 0 Å². The lowest BCUT2D eigenvalue weighted by Gasteiger charge is -2.48. The van der Waals surface area contributed by atoms with Crippen molar-refractivity contribution in [1.82, 2.24) is 9.88 Å². The molecule has 2 atom stereocenters. The highest BCUT2D eigenvalue weighted by atomic mass is 15.3. The predicted octanol–water partition coefficient (Wildman–Crippen LogP) is 3.30. The molecule has 0 saturated carbocycles. The van der Waals surface area contributed by atoms with Gasteiger partial charge in [-0.05, 0) is 43.8 Å². The molecule has 2 fully saturated rings. The molecule has 3 heterocycles. The molecule has 0 radical (unpaired) electrons. The van der Waals surface area contributed by atoms with Gasteiger partial charge in [0.2, 0.25) is 0 Å². The number of fused-ring (bicyclic) bond motifs is 2. The van der Waals surface area contributed by atoms with E-state index < -0.39 is 0 Å². The third-order valence-electron chi connectivity index (χ3n) is 5.16. The lowest BCUT2D eigenvalue weighted by Crippen LogP contribution is -2.58. The zero-order valence-electron chi connectivity index (χ0n) is 12.7. The Bertz CT molecular complexity index is 634. The first-order valence-corrected chi connectivity index (χ1v) is 8.16. The number of anilines is 1. The van der Waals surface area contributed by atoms with Gasteiger partial charge in [-0.1, -0.05) is 18.6 Å². The highest BCUT2D eigenvalue weighted by molar-refractivity contribution is 5.93. The maximum Gasteiger partial charge on any atom is 0.0464 e. The smallest absolute Gasteiger partial charge is 0.0464 e. The SMILES string of the molecule is CC1CN2CCCCC2CN1c1cccc2ccncc12. The van der Waals surface area contributed by atoms with Crippen LogP contribution in [0.5, 0.6) is 0 Å². The first kappa shape index (κ1) is 13.1. The minimum Gasteiger partial charge on any atom is -0.365 e. The summed E-state index contributed by atoms with van der Waals surface area (Å²) < 4.78 is 0. The summed E-state index contributed by atoms with van der Waals surface area (Å²) in [5, 5.41) is 2.58. The van der Waals surface area contributed by atoms with Gasteiger partial charge >= 0.3 is 0 Å². The summed E-state index contributed by atoms with van der Waals surface area (Å²) in [7, 11) is 0. The van der Waals surface area contributed by atoms with E-state index in [-0.39, 0.29) is 0 Å². The van der Waals surface area contributed by atoms with Crippen LogP contribution in [0.15, 0.2) is 36.7 Å². The second kappa shape index (κ2) is 5.30. The third-order valence-corrected chi connectivity index (χ3v) is 5.16. The third kappa shape index (κ3) is 2.30. The fourth-order valence-electron chi connectivity index (χ4n) is 4.04. The molecule has 21 heavy (non-hydrogen) atoms. The van der Waals surface area contributed by atoms with Crippen LogP contribution < -0.4 is 4.90 Å². The molecule has 0 amide bonds. The molecule has 1 aromatic heterocycles. The molecule has 2 saturated heterocycles. The Morgan fingerprint density at radius 2 is 2.10 bits per heavy atom. The normalized spacial score (nSPS) is 26.8. The number of benzene rings is 1. The van der Waals surface area contributed by atoms with E-state index in [4.69, 9.17) is 0 Å². The Balaban J connectivity index is 1.71. The molecule has 3 nitrogen and oxygen atoms in total. The lowest BCUT2D eigenvalue weighted by molar-refractivity contribution is 0.116.